The second kappa shape index (κ2) is 6.21. The number of hydrogen-bond donors (Lipinski definition) is 3. The molecule has 16 heavy (non-hydrogen) atoms. The van der Waals surface area contributed by atoms with Gasteiger partial charge in [-0.25, -0.2) is 0 Å². The van der Waals surface area contributed by atoms with Crippen LogP contribution in [0.1, 0.15) is 46.0 Å². The van der Waals surface area contributed by atoms with Crippen LogP contribution in [0.5, 0.6) is 0 Å². The normalized spacial score (nSPS) is 18.2. The summed E-state index contributed by atoms with van der Waals surface area (Å²) in [5, 5.41) is 15.8. The summed E-state index contributed by atoms with van der Waals surface area (Å²) in [4.78, 5) is 11.5. The van der Waals surface area contributed by atoms with Crippen LogP contribution in [0.2, 0.25) is 0 Å². The number of hydrogen-bond acceptors (Lipinski definition) is 3. The average molecular weight is 228 g/mol. The van der Waals surface area contributed by atoms with Gasteiger partial charge in [-0.3, -0.25) is 4.79 Å². The Balaban J connectivity index is 2.10. The fraction of sp³-hybridized carbons (Fsp3) is 0.917. The van der Waals surface area contributed by atoms with E-state index >= 15 is 0 Å². The third-order valence-corrected chi connectivity index (χ3v) is 3.37. The van der Waals surface area contributed by atoms with Crippen LogP contribution in [0.4, 0.5) is 0 Å². The van der Waals surface area contributed by atoms with Gasteiger partial charge in [0.05, 0.1) is 12.1 Å². The third-order valence-electron chi connectivity index (χ3n) is 3.37. The van der Waals surface area contributed by atoms with E-state index in [0.717, 1.165) is 32.1 Å². The van der Waals surface area contributed by atoms with Gasteiger partial charge in [0.15, 0.2) is 0 Å². The molecule has 1 rings (SSSR count). The minimum absolute atomic E-state index is 0.0247. The molecule has 1 fully saturated rings. The van der Waals surface area contributed by atoms with E-state index in [1.807, 2.05) is 0 Å². The van der Waals surface area contributed by atoms with Crippen molar-refractivity contribution in [3.05, 3.63) is 0 Å². The van der Waals surface area contributed by atoms with Crippen molar-refractivity contribution in [2.45, 2.75) is 57.6 Å². The van der Waals surface area contributed by atoms with Crippen molar-refractivity contribution in [3.63, 3.8) is 0 Å². The summed E-state index contributed by atoms with van der Waals surface area (Å²) in [6.45, 7) is 4.97. The Kier molecular flexibility index (Phi) is 5.22. The second-order valence-corrected chi connectivity index (χ2v) is 4.76. The number of amides is 1. The molecule has 0 atom stereocenters. The summed E-state index contributed by atoms with van der Waals surface area (Å²) >= 11 is 0. The highest BCUT2D eigenvalue weighted by molar-refractivity contribution is 5.78. The molecule has 0 heterocycles. The topological polar surface area (TPSA) is 61.4 Å². The van der Waals surface area contributed by atoms with E-state index in [0.29, 0.717) is 13.1 Å². The zero-order valence-corrected chi connectivity index (χ0v) is 10.4. The highest BCUT2D eigenvalue weighted by atomic mass is 16.3. The van der Waals surface area contributed by atoms with Gasteiger partial charge in [-0.1, -0.05) is 13.8 Å². The highest BCUT2D eigenvalue weighted by Crippen LogP contribution is 2.30. The van der Waals surface area contributed by atoms with Crippen molar-refractivity contribution in [1.82, 2.24) is 10.6 Å². The molecular weight excluding hydrogens is 204 g/mol. The molecule has 4 heteroatoms. The number of rotatable bonds is 7. The maximum Gasteiger partial charge on any atom is 0.234 e. The van der Waals surface area contributed by atoms with Crippen LogP contribution in [0.3, 0.4) is 0 Å². The predicted octanol–water partition coefficient (Wildman–Crippen LogP) is 0.796. The van der Waals surface area contributed by atoms with Gasteiger partial charge < -0.3 is 15.7 Å². The predicted molar refractivity (Wildman–Crippen MR) is 64.2 cm³/mol. The fourth-order valence-electron chi connectivity index (χ4n) is 1.94. The summed E-state index contributed by atoms with van der Waals surface area (Å²) in [7, 11) is 0. The zero-order chi connectivity index (χ0) is 12.0. The van der Waals surface area contributed by atoms with Crippen molar-refractivity contribution in [2.24, 2.45) is 0 Å². The number of aliphatic hydroxyl groups is 1. The Morgan fingerprint density at radius 1 is 1.38 bits per heavy atom. The Labute approximate surface area is 97.8 Å². The molecule has 0 aromatic heterocycles. The molecule has 94 valence electrons. The van der Waals surface area contributed by atoms with E-state index in [2.05, 4.69) is 24.5 Å². The minimum atomic E-state index is -0.546. The quantitative estimate of drug-likeness (QED) is 0.604. The monoisotopic (exact) mass is 228 g/mol. The largest absolute Gasteiger partial charge is 0.389 e. The first-order chi connectivity index (χ1) is 7.59. The number of carbonyl (C=O) groups excluding carboxylic acids is 1. The van der Waals surface area contributed by atoms with E-state index in [1.165, 1.54) is 0 Å². The van der Waals surface area contributed by atoms with E-state index in [4.69, 9.17) is 0 Å². The molecule has 0 aromatic carbocycles. The molecule has 1 aliphatic carbocycles. The minimum Gasteiger partial charge on any atom is -0.389 e. The van der Waals surface area contributed by atoms with Crippen LogP contribution in [-0.4, -0.2) is 35.7 Å². The van der Waals surface area contributed by atoms with Crippen molar-refractivity contribution in [1.29, 1.82) is 0 Å². The van der Waals surface area contributed by atoms with E-state index in [1.54, 1.807) is 0 Å². The molecule has 1 amide bonds. The second-order valence-electron chi connectivity index (χ2n) is 4.76. The SMILES string of the molecule is CCC(CC)NC(=O)CNCC1(O)CCC1. The standard InChI is InChI=1S/C12H24N2O2/c1-3-10(4-2)14-11(15)8-13-9-12(16)6-5-7-12/h10,13,16H,3-9H2,1-2H3,(H,14,15). The molecule has 1 aliphatic rings. The maximum atomic E-state index is 11.5. The van der Waals surface area contributed by atoms with Crippen LogP contribution < -0.4 is 10.6 Å². The molecule has 0 aromatic rings. The van der Waals surface area contributed by atoms with Gasteiger partial charge >= 0.3 is 0 Å². The van der Waals surface area contributed by atoms with E-state index in [-0.39, 0.29) is 11.9 Å². The van der Waals surface area contributed by atoms with Gasteiger partial charge in [0.2, 0.25) is 5.91 Å². The summed E-state index contributed by atoms with van der Waals surface area (Å²) in [5.41, 5.74) is -0.546. The van der Waals surface area contributed by atoms with Crippen molar-refractivity contribution >= 4 is 5.91 Å². The Morgan fingerprint density at radius 3 is 2.44 bits per heavy atom. The Bertz CT molecular complexity index is 223. The fourth-order valence-corrected chi connectivity index (χ4v) is 1.94. The lowest BCUT2D eigenvalue weighted by Gasteiger charge is -2.36. The van der Waals surface area contributed by atoms with Crippen molar-refractivity contribution in [2.75, 3.05) is 13.1 Å². The van der Waals surface area contributed by atoms with E-state index in [9.17, 15) is 9.90 Å². The van der Waals surface area contributed by atoms with Gasteiger partial charge in [-0.05, 0) is 32.1 Å². The van der Waals surface area contributed by atoms with E-state index < -0.39 is 5.60 Å². The molecule has 0 aliphatic heterocycles. The molecule has 4 nitrogen and oxygen atoms in total. The first-order valence-electron chi connectivity index (χ1n) is 6.32. The lowest BCUT2D eigenvalue weighted by molar-refractivity contribution is -0.121. The lowest BCUT2D eigenvalue weighted by Crippen LogP contribution is -2.49. The summed E-state index contributed by atoms with van der Waals surface area (Å²) in [6.07, 6.45) is 4.73. The molecular formula is C12H24N2O2. The van der Waals surface area contributed by atoms with Gasteiger partial charge in [0.25, 0.3) is 0 Å². The van der Waals surface area contributed by atoms with Gasteiger partial charge in [-0.2, -0.15) is 0 Å². The molecule has 0 bridgehead atoms. The zero-order valence-electron chi connectivity index (χ0n) is 10.4. The average Bonchev–Trinajstić information content (AvgIpc) is 2.23. The van der Waals surface area contributed by atoms with Crippen LogP contribution in [0.25, 0.3) is 0 Å². The van der Waals surface area contributed by atoms with Crippen LogP contribution in [-0.2, 0) is 4.79 Å². The van der Waals surface area contributed by atoms with Gasteiger partial charge in [0.1, 0.15) is 0 Å². The summed E-state index contributed by atoms with van der Waals surface area (Å²) in [6, 6.07) is 0.279. The third kappa shape index (κ3) is 4.10. The van der Waals surface area contributed by atoms with Gasteiger partial charge in [-0.15, -0.1) is 0 Å². The first-order valence-corrected chi connectivity index (χ1v) is 6.32. The van der Waals surface area contributed by atoms with Crippen LogP contribution in [0.15, 0.2) is 0 Å². The number of carbonyl (C=O) groups is 1. The molecule has 3 N–H and O–H groups in total. The van der Waals surface area contributed by atoms with Crippen molar-refractivity contribution in [3.8, 4) is 0 Å². The molecule has 0 spiro atoms. The molecule has 0 radical (unpaired) electrons. The van der Waals surface area contributed by atoms with Crippen molar-refractivity contribution < 1.29 is 9.90 Å². The van der Waals surface area contributed by atoms with Crippen LogP contribution >= 0.6 is 0 Å². The highest BCUT2D eigenvalue weighted by Gasteiger charge is 2.33. The summed E-state index contributed by atoms with van der Waals surface area (Å²) in [5.74, 6) is 0.0247. The Morgan fingerprint density at radius 2 is 2.00 bits per heavy atom. The smallest absolute Gasteiger partial charge is 0.234 e. The van der Waals surface area contributed by atoms with Gasteiger partial charge in [0, 0.05) is 12.6 Å². The Hall–Kier alpha value is -0.610. The number of nitrogens with one attached hydrogen (secondary N) is 2. The molecule has 0 saturated heterocycles. The maximum absolute atomic E-state index is 11.5. The lowest BCUT2D eigenvalue weighted by atomic mass is 9.80. The summed E-state index contributed by atoms with van der Waals surface area (Å²) < 4.78 is 0. The van der Waals surface area contributed by atoms with Crippen LogP contribution in [0, 0.1) is 0 Å². The first kappa shape index (κ1) is 13.5. The molecule has 1 saturated carbocycles. The molecule has 0 unspecified atom stereocenters.